The number of imide groups is 1. The van der Waals surface area contributed by atoms with Crippen LogP contribution in [0.5, 0.6) is 5.75 Å². The Hall–Kier alpha value is -2.90. The third kappa shape index (κ3) is 2.55. The number of hydrogen-bond acceptors (Lipinski definition) is 5. The second-order valence-corrected chi connectivity index (χ2v) is 4.57. The van der Waals surface area contributed by atoms with E-state index < -0.39 is 29.7 Å². The highest BCUT2D eigenvalue weighted by atomic mass is 16.4. The normalized spacial score (nSPS) is 15.0. The Morgan fingerprint density at radius 3 is 2.38 bits per heavy atom. The van der Waals surface area contributed by atoms with E-state index >= 15 is 0 Å². The van der Waals surface area contributed by atoms with Gasteiger partial charge in [-0.1, -0.05) is 0 Å². The molecule has 2 rings (SSSR count). The van der Waals surface area contributed by atoms with Crippen molar-refractivity contribution >= 4 is 23.7 Å². The van der Waals surface area contributed by atoms with Gasteiger partial charge in [-0.3, -0.25) is 19.3 Å². The first kappa shape index (κ1) is 14.5. The summed E-state index contributed by atoms with van der Waals surface area (Å²) >= 11 is 0. The quantitative estimate of drug-likeness (QED) is 0.637. The number of amides is 3. The number of fused-ring (bicyclic) bond motifs is 1. The summed E-state index contributed by atoms with van der Waals surface area (Å²) in [6.07, 6.45) is -0.530. The molecule has 0 bridgehead atoms. The highest BCUT2D eigenvalue weighted by Crippen LogP contribution is 2.28. The van der Waals surface area contributed by atoms with E-state index in [1.165, 1.54) is 12.1 Å². The van der Waals surface area contributed by atoms with Gasteiger partial charge in [-0.15, -0.1) is 0 Å². The molecule has 0 spiro atoms. The number of carbonyl (C=O) groups excluding carboxylic acids is 3. The van der Waals surface area contributed by atoms with E-state index in [2.05, 4.69) is 0 Å². The number of nitrogens with zero attached hydrogens (tertiary/aromatic N) is 1. The van der Waals surface area contributed by atoms with Crippen LogP contribution in [0, 0.1) is 0 Å². The zero-order valence-electron chi connectivity index (χ0n) is 10.8. The Morgan fingerprint density at radius 1 is 1.19 bits per heavy atom. The van der Waals surface area contributed by atoms with Crippen molar-refractivity contribution in [2.45, 2.75) is 18.9 Å². The van der Waals surface area contributed by atoms with E-state index in [0.717, 1.165) is 6.07 Å². The van der Waals surface area contributed by atoms with Crippen LogP contribution in [0.25, 0.3) is 0 Å². The van der Waals surface area contributed by atoms with Gasteiger partial charge >= 0.3 is 5.97 Å². The molecule has 1 heterocycles. The molecule has 0 saturated heterocycles. The van der Waals surface area contributed by atoms with Gasteiger partial charge < -0.3 is 15.9 Å². The molecule has 21 heavy (non-hydrogen) atoms. The van der Waals surface area contributed by atoms with Crippen molar-refractivity contribution in [2.24, 2.45) is 5.73 Å². The van der Waals surface area contributed by atoms with Crippen molar-refractivity contribution in [3.63, 3.8) is 0 Å². The summed E-state index contributed by atoms with van der Waals surface area (Å²) in [6, 6.07) is 2.10. The third-order valence-electron chi connectivity index (χ3n) is 3.16. The fourth-order valence-electron chi connectivity index (χ4n) is 2.17. The Morgan fingerprint density at radius 2 is 1.81 bits per heavy atom. The van der Waals surface area contributed by atoms with Crippen molar-refractivity contribution in [3.05, 3.63) is 29.3 Å². The number of carbonyl (C=O) groups is 4. The Labute approximate surface area is 118 Å². The van der Waals surface area contributed by atoms with Crippen LogP contribution in [0.4, 0.5) is 0 Å². The maximum Gasteiger partial charge on any atom is 0.326 e. The number of rotatable bonds is 5. The Bertz CT molecular complexity index is 654. The maximum absolute atomic E-state index is 12.2. The van der Waals surface area contributed by atoms with Crippen LogP contribution in [-0.2, 0) is 9.59 Å². The molecule has 0 unspecified atom stereocenters. The first-order chi connectivity index (χ1) is 9.82. The number of carboxylic acid groups (broad SMARTS) is 1. The molecule has 0 saturated carbocycles. The van der Waals surface area contributed by atoms with Crippen LogP contribution in [0.15, 0.2) is 18.2 Å². The summed E-state index contributed by atoms with van der Waals surface area (Å²) in [4.78, 5) is 46.9. The molecule has 1 atom stereocenters. The topological polar surface area (TPSA) is 138 Å². The molecule has 3 amide bonds. The van der Waals surface area contributed by atoms with E-state index in [0.29, 0.717) is 4.90 Å². The average molecular weight is 292 g/mol. The highest BCUT2D eigenvalue weighted by Gasteiger charge is 2.42. The lowest BCUT2D eigenvalue weighted by Crippen LogP contribution is -2.45. The number of aliphatic carboxylic acids is 1. The first-order valence-corrected chi connectivity index (χ1v) is 6.05. The molecule has 110 valence electrons. The molecule has 8 nitrogen and oxygen atoms in total. The molecule has 0 fully saturated rings. The fourth-order valence-corrected chi connectivity index (χ4v) is 2.17. The van der Waals surface area contributed by atoms with Crippen LogP contribution in [0.1, 0.15) is 33.6 Å². The summed E-state index contributed by atoms with van der Waals surface area (Å²) in [7, 11) is 0. The van der Waals surface area contributed by atoms with Crippen molar-refractivity contribution < 1.29 is 29.4 Å². The van der Waals surface area contributed by atoms with Crippen molar-refractivity contribution in [3.8, 4) is 5.75 Å². The smallest absolute Gasteiger partial charge is 0.326 e. The molecule has 1 aliphatic rings. The molecule has 0 radical (unpaired) electrons. The maximum atomic E-state index is 12.2. The van der Waals surface area contributed by atoms with Gasteiger partial charge in [0, 0.05) is 6.42 Å². The number of primary amides is 1. The van der Waals surface area contributed by atoms with Gasteiger partial charge in [-0.2, -0.15) is 0 Å². The van der Waals surface area contributed by atoms with E-state index in [1.54, 1.807) is 0 Å². The summed E-state index contributed by atoms with van der Waals surface area (Å²) < 4.78 is 0. The van der Waals surface area contributed by atoms with Gasteiger partial charge in [-0.25, -0.2) is 4.79 Å². The minimum Gasteiger partial charge on any atom is -0.508 e. The van der Waals surface area contributed by atoms with Crippen molar-refractivity contribution in [1.82, 2.24) is 4.90 Å². The lowest BCUT2D eigenvalue weighted by Gasteiger charge is -2.21. The SMILES string of the molecule is NC(=O)CC[C@@H](C(=O)O)N1C(=O)c2ccc(O)cc2C1=O. The van der Waals surface area contributed by atoms with Gasteiger partial charge in [-0.05, 0) is 24.6 Å². The predicted molar refractivity (Wildman–Crippen MR) is 68.5 cm³/mol. The molecule has 0 aliphatic carbocycles. The minimum absolute atomic E-state index is 0.0168. The molecular formula is C13H12N2O6. The number of aromatic hydroxyl groups is 1. The van der Waals surface area contributed by atoms with Crippen LogP contribution in [0.2, 0.25) is 0 Å². The predicted octanol–water partition coefficient (Wildman–Crippen LogP) is -0.293. The van der Waals surface area contributed by atoms with Crippen LogP contribution >= 0.6 is 0 Å². The van der Waals surface area contributed by atoms with Gasteiger partial charge in [0.25, 0.3) is 11.8 Å². The zero-order chi connectivity index (χ0) is 15.7. The van der Waals surface area contributed by atoms with E-state index in [4.69, 9.17) is 10.8 Å². The standard InChI is InChI=1S/C13H12N2O6/c14-10(17)4-3-9(13(20)21)15-11(18)7-2-1-6(16)5-8(7)12(15)19/h1-2,5,9,16H,3-4H2,(H2,14,17)(H,20,21)/t9-/m0/s1. The lowest BCUT2D eigenvalue weighted by atomic mass is 10.1. The van der Waals surface area contributed by atoms with E-state index in [9.17, 15) is 24.3 Å². The number of carboxylic acids is 1. The average Bonchev–Trinajstić information content (AvgIpc) is 2.63. The van der Waals surface area contributed by atoms with E-state index in [1.807, 2.05) is 0 Å². The van der Waals surface area contributed by atoms with Crippen molar-refractivity contribution in [2.75, 3.05) is 0 Å². The monoisotopic (exact) mass is 292 g/mol. The molecule has 4 N–H and O–H groups in total. The molecular weight excluding hydrogens is 280 g/mol. The van der Waals surface area contributed by atoms with Crippen LogP contribution < -0.4 is 5.73 Å². The largest absolute Gasteiger partial charge is 0.508 e. The minimum atomic E-state index is -1.48. The second kappa shape index (κ2) is 5.23. The highest BCUT2D eigenvalue weighted by molar-refractivity contribution is 6.22. The molecule has 1 aromatic rings. The first-order valence-electron chi connectivity index (χ1n) is 6.05. The number of hydrogen-bond donors (Lipinski definition) is 3. The number of nitrogens with two attached hydrogens (primary N) is 1. The lowest BCUT2D eigenvalue weighted by molar-refractivity contribution is -0.141. The third-order valence-corrected chi connectivity index (χ3v) is 3.16. The Balaban J connectivity index is 2.36. The van der Waals surface area contributed by atoms with Crippen LogP contribution in [0.3, 0.4) is 0 Å². The van der Waals surface area contributed by atoms with Gasteiger partial charge in [0.1, 0.15) is 11.8 Å². The van der Waals surface area contributed by atoms with E-state index in [-0.39, 0.29) is 29.7 Å². The van der Waals surface area contributed by atoms with Gasteiger partial charge in [0.05, 0.1) is 11.1 Å². The molecule has 8 heteroatoms. The summed E-state index contributed by atoms with van der Waals surface area (Å²) in [5.74, 6) is -3.93. The van der Waals surface area contributed by atoms with Crippen molar-refractivity contribution in [1.29, 1.82) is 0 Å². The Kier molecular flexibility index (Phi) is 3.62. The molecule has 1 aliphatic heterocycles. The summed E-state index contributed by atoms with van der Waals surface area (Å²) in [5, 5.41) is 18.5. The summed E-state index contributed by atoms with van der Waals surface area (Å²) in [6.45, 7) is 0. The number of benzene rings is 1. The molecule has 1 aromatic carbocycles. The fraction of sp³-hybridized carbons (Fsp3) is 0.231. The zero-order valence-corrected chi connectivity index (χ0v) is 10.8. The van der Waals surface area contributed by atoms with Gasteiger partial charge in [0.15, 0.2) is 0 Å². The molecule has 0 aromatic heterocycles. The van der Waals surface area contributed by atoms with Gasteiger partial charge in [0.2, 0.25) is 5.91 Å². The number of phenols is 1. The van der Waals surface area contributed by atoms with Crippen LogP contribution in [-0.4, -0.2) is 44.8 Å². The summed E-state index contributed by atoms with van der Waals surface area (Å²) in [5.41, 5.74) is 4.91. The number of phenolic OH excluding ortho intramolecular Hbond substituents is 1. The second-order valence-electron chi connectivity index (χ2n) is 4.57.